The van der Waals surface area contributed by atoms with Crippen LogP contribution in [0.25, 0.3) is 0 Å². The number of nitrogens with one attached hydrogen (secondary N) is 1. The molecule has 2 heterocycles. The van der Waals surface area contributed by atoms with Crippen LogP contribution in [-0.4, -0.2) is 18.1 Å². The van der Waals surface area contributed by atoms with Gasteiger partial charge >= 0.3 is 0 Å². The molecule has 0 saturated carbocycles. The second-order valence-corrected chi connectivity index (χ2v) is 6.04. The number of carbonyl (C=O) groups is 1. The second kappa shape index (κ2) is 3.28. The van der Waals surface area contributed by atoms with Crippen molar-refractivity contribution < 1.29 is 4.79 Å². The number of amides is 1. The summed E-state index contributed by atoms with van der Waals surface area (Å²) in [6.07, 6.45) is 1.05. The van der Waals surface area contributed by atoms with E-state index in [2.05, 4.69) is 56.1 Å². The van der Waals surface area contributed by atoms with Crippen LogP contribution in [0, 0.1) is 0 Å². The van der Waals surface area contributed by atoms with Gasteiger partial charge < -0.3 is 10.2 Å². The Morgan fingerprint density at radius 1 is 1.33 bits per heavy atom. The molecule has 1 amide bonds. The normalized spacial score (nSPS) is 28.0. The number of aryl methyl sites for hydroxylation is 1. The number of anilines is 1. The smallest absolute Gasteiger partial charge is 0.241 e. The summed E-state index contributed by atoms with van der Waals surface area (Å²) in [4.78, 5) is 13.9. The lowest BCUT2D eigenvalue weighted by atomic mass is 9.76. The van der Waals surface area contributed by atoms with E-state index in [-0.39, 0.29) is 17.0 Å². The fourth-order valence-corrected chi connectivity index (χ4v) is 3.30. The van der Waals surface area contributed by atoms with Gasteiger partial charge in [-0.15, -0.1) is 0 Å². The molecule has 0 aliphatic carbocycles. The van der Waals surface area contributed by atoms with Gasteiger partial charge in [-0.1, -0.05) is 32.9 Å². The molecule has 3 rings (SSSR count). The van der Waals surface area contributed by atoms with Gasteiger partial charge in [-0.25, -0.2) is 0 Å². The van der Waals surface area contributed by atoms with E-state index in [1.165, 1.54) is 16.8 Å². The number of carbonyl (C=O) groups excluding carboxylic acids is 1. The molecule has 1 aromatic rings. The van der Waals surface area contributed by atoms with Gasteiger partial charge in [0, 0.05) is 11.1 Å². The minimum absolute atomic E-state index is 0.0698. The van der Waals surface area contributed by atoms with Gasteiger partial charge in [-0.2, -0.15) is 0 Å². The van der Waals surface area contributed by atoms with Crippen molar-refractivity contribution in [2.75, 3.05) is 11.4 Å². The first-order valence-corrected chi connectivity index (χ1v) is 6.62. The predicted molar refractivity (Wildman–Crippen MR) is 72.7 cm³/mol. The summed E-state index contributed by atoms with van der Waals surface area (Å²) in [6, 6.07) is 6.63. The van der Waals surface area contributed by atoms with E-state index in [1.54, 1.807) is 0 Å². The van der Waals surface area contributed by atoms with E-state index in [0.717, 1.165) is 6.42 Å². The van der Waals surface area contributed by atoms with E-state index in [4.69, 9.17) is 0 Å². The predicted octanol–water partition coefficient (Wildman–Crippen LogP) is 2.19. The number of hydrogen-bond acceptors (Lipinski definition) is 2. The van der Waals surface area contributed by atoms with Crippen LogP contribution in [0.2, 0.25) is 0 Å². The molecule has 0 radical (unpaired) electrons. The van der Waals surface area contributed by atoms with E-state index in [0.29, 0.717) is 6.54 Å². The maximum absolute atomic E-state index is 11.7. The first kappa shape index (κ1) is 11.6. The van der Waals surface area contributed by atoms with E-state index >= 15 is 0 Å². The SMILES string of the molecule is CCc1ccc2c(c1)C(C)(C)[C@@]1(C)NC(=O)CN21. The lowest BCUT2D eigenvalue weighted by Crippen LogP contribution is -2.57. The lowest BCUT2D eigenvalue weighted by Gasteiger charge is -2.39. The van der Waals surface area contributed by atoms with Crippen LogP contribution in [-0.2, 0) is 16.6 Å². The van der Waals surface area contributed by atoms with Crippen molar-refractivity contribution in [1.29, 1.82) is 0 Å². The van der Waals surface area contributed by atoms with Gasteiger partial charge in [-0.3, -0.25) is 4.79 Å². The minimum Gasteiger partial charge on any atom is -0.339 e. The largest absolute Gasteiger partial charge is 0.339 e. The van der Waals surface area contributed by atoms with Crippen molar-refractivity contribution in [2.45, 2.75) is 45.2 Å². The molecule has 0 aromatic heterocycles. The standard InChI is InChI=1S/C15H20N2O/c1-5-10-6-7-12-11(8-10)14(2,3)15(4)16-13(18)9-17(12)15/h6-8H,5,9H2,1-4H3,(H,16,18)/t15-/m0/s1. The fraction of sp³-hybridized carbons (Fsp3) is 0.533. The first-order valence-electron chi connectivity index (χ1n) is 6.62. The van der Waals surface area contributed by atoms with Crippen LogP contribution in [0.5, 0.6) is 0 Å². The molecule has 18 heavy (non-hydrogen) atoms. The fourth-order valence-electron chi connectivity index (χ4n) is 3.30. The average molecular weight is 244 g/mol. The zero-order valence-corrected chi connectivity index (χ0v) is 11.5. The van der Waals surface area contributed by atoms with Gasteiger partial charge in [-0.05, 0) is 30.5 Å². The van der Waals surface area contributed by atoms with Crippen molar-refractivity contribution in [3.05, 3.63) is 29.3 Å². The molecule has 1 N–H and O–H groups in total. The Kier molecular flexibility index (Phi) is 2.11. The molecule has 0 spiro atoms. The summed E-state index contributed by atoms with van der Waals surface area (Å²) in [5.74, 6) is 0.121. The molecule has 1 fully saturated rings. The van der Waals surface area contributed by atoms with Crippen molar-refractivity contribution in [2.24, 2.45) is 0 Å². The van der Waals surface area contributed by atoms with Crippen molar-refractivity contribution in [3.63, 3.8) is 0 Å². The highest BCUT2D eigenvalue weighted by atomic mass is 16.2. The van der Waals surface area contributed by atoms with E-state index in [9.17, 15) is 4.79 Å². The molecule has 1 atom stereocenters. The zero-order chi connectivity index (χ0) is 13.1. The van der Waals surface area contributed by atoms with Gasteiger partial charge in [0.05, 0.1) is 6.54 Å². The monoisotopic (exact) mass is 244 g/mol. The van der Waals surface area contributed by atoms with Crippen molar-refractivity contribution in [1.82, 2.24) is 5.32 Å². The number of hydrogen-bond donors (Lipinski definition) is 1. The van der Waals surface area contributed by atoms with Gasteiger partial charge in [0.25, 0.3) is 0 Å². The first-order chi connectivity index (χ1) is 8.40. The molecule has 96 valence electrons. The van der Waals surface area contributed by atoms with Gasteiger partial charge in [0.2, 0.25) is 5.91 Å². The Hall–Kier alpha value is -1.51. The lowest BCUT2D eigenvalue weighted by molar-refractivity contribution is -0.119. The van der Waals surface area contributed by atoms with Crippen LogP contribution in [0.1, 0.15) is 38.8 Å². The summed E-state index contributed by atoms with van der Waals surface area (Å²) in [5.41, 5.74) is 3.55. The molecule has 3 heteroatoms. The Bertz CT molecular complexity index is 535. The number of benzene rings is 1. The minimum atomic E-state index is -0.293. The van der Waals surface area contributed by atoms with Crippen LogP contribution in [0.4, 0.5) is 5.69 Å². The molecular weight excluding hydrogens is 224 g/mol. The van der Waals surface area contributed by atoms with E-state index < -0.39 is 0 Å². The van der Waals surface area contributed by atoms with Gasteiger partial charge in [0.15, 0.2) is 0 Å². The highest BCUT2D eigenvalue weighted by molar-refractivity contribution is 5.90. The number of rotatable bonds is 1. The third kappa shape index (κ3) is 1.17. The summed E-state index contributed by atoms with van der Waals surface area (Å²) in [5, 5.41) is 3.15. The number of nitrogens with zero attached hydrogens (tertiary/aromatic N) is 1. The van der Waals surface area contributed by atoms with Crippen LogP contribution < -0.4 is 10.2 Å². The summed E-state index contributed by atoms with van der Waals surface area (Å²) < 4.78 is 0. The highest BCUT2D eigenvalue weighted by Crippen LogP contribution is 2.51. The summed E-state index contributed by atoms with van der Waals surface area (Å²) in [6.45, 7) is 9.21. The molecule has 0 bridgehead atoms. The molecular formula is C15H20N2O. The Morgan fingerprint density at radius 3 is 2.72 bits per heavy atom. The summed E-state index contributed by atoms with van der Waals surface area (Å²) >= 11 is 0. The van der Waals surface area contributed by atoms with Crippen LogP contribution >= 0.6 is 0 Å². The Morgan fingerprint density at radius 2 is 2.06 bits per heavy atom. The van der Waals surface area contributed by atoms with Gasteiger partial charge in [0.1, 0.15) is 5.66 Å². The second-order valence-electron chi connectivity index (χ2n) is 6.04. The van der Waals surface area contributed by atoms with Crippen LogP contribution in [0.15, 0.2) is 18.2 Å². The molecule has 3 nitrogen and oxygen atoms in total. The van der Waals surface area contributed by atoms with Crippen LogP contribution in [0.3, 0.4) is 0 Å². The summed E-state index contributed by atoms with van der Waals surface area (Å²) in [7, 11) is 0. The Labute approximate surface area is 108 Å². The van der Waals surface area contributed by atoms with E-state index in [1.807, 2.05) is 0 Å². The number of fused-ring (bicyclic) bond motifs is 3. The zero-order valence-electron chi connectivity index (χ0n) is 11.5. The quantitative estimate of drug-likeness (QED) is 0.821. The van der Waals surface area contributed by atoms with Crippen molar-refractivity contribution >= 4 is 11.6 Å². The topological polar surface area (TPSA) is 32.3 Å². The maximum atomic E-state index is 11.7. The third-order valence-electron chi connectivity index (χ3n) is 4.87. The molecule has 1 aromatic carbocycles. The van der Waals surface area contributed by atoms with Crippen molar-refractivity contribution in [3.8, 4) is 0 Å². The molecule has 0 unspecified atom stereocenters. The Balaban J connectivity index is 2.21. The average Bonchev–Trinajstić information content (AvgIpc) is 2.71. The third-order valence-corrected chi connectivity index (χ3v) is 4.87. The molecule has 2 aliphatic rings. The maximum Gasteiger partial charge on any atom is 0.241 e. The highest BCUT2D eigenvalue weighted by Gasteiger charge is 2.58. The molecule has 2 aliphatic heterocycles. The molecule has 1 saturated heterocycles.